The number of hydrogen-bond acceptors (Lipinski definition) is 3. The molecule has 2 rings (SSSR count). The van der Waals surface area contributed by atoms with Crippen LogP contribution >= 0.6 is 0 Å². The summed E-state index contributed by atoms with van der Waals surface area (Å²) in [4.78, 5) is 0.116. The largest absolute Gasteiger partial charge is 0.373 e. The van der Waals surface area contributed by atoms with Crippen LogP contribution in [0.15, 0.2) is 29.2 Å². The van der Waals surface area contributed by atoms with Crippen LogP contribution in [0.4, 0.5) is 4.39 Å². The summed E-state index contributed by atoms with van der Waals surface area (Å²) in [6.45, 7) is 4.32. The van der Waals surface area contributed by atoms with Crippen molar-refractivity contribution in [1.29, 1.82) is 0 Å². The number of sulfonamides is 1. The first-order valence-electron chi connectivity index (χ1n) is 5.81. The third kappa shape index (κ3) is 2.71. The van der Waals surface area contributed by atoms with E-state index in [1.165, 1.54) is 16.4 Å². The minimum absolute atomic E-state index is 0.116. The average Bonchev–Trinajstić information content (AvgIpc) is 2.28. The third-order valence-electron chi connectivity index (χ3n) is 2.84. The normalized spacial score (nSPS) is 26.2. The lowest BCUT2D eigenvalue weighted by Gasteiger charge is -2.34. The van der Waals surface area contributed by atoms with Crippen molar-refractivity contribution in [3.05, 3.63) is 30.1 Å². The second kappa shape index (κ2) is 4.95. The monoisotopic (exact) mass is 273 g/mol. The van der Waals surface area contributed by atoms with Crippen molar-refractivity contribution in [2.75, 3.05) is 13.1 Å². The molecule has 1 aromatic rings. The Hall–Kier alpha value is -0.980. The molecule has 2 atom stereocenters. The van der Waals surface area contributed by atoms with Crippen molar-refractivity contribution in [2.45, 2.75) is 31.0 Å². The van der Waals surface area contributed by atoms with Crippen molar-refractivity contribution in [3.63, 3.8) is 0 Å². The van der Waals surface area contributed by atoms with Crippen LogP contribution in [-0.4, -0.2) is 38.0 Å². The van der Waals surface area contributed by atoms with Crippen LogP contribution in [0.1, 0.15) is 13.8 Å². The number of hydrogen-bond donors (Lipinski definition) is 0. The second-order valence-electron chi connectivity index (χ2n) is 4.53. The summed E-state index contributed by atoms with van der Waals surface area (Å²) in [7, 11) is -3.56. The maximum Gasteiger partial charge on any atom is 0.243 e. The Morgan fingerprint density at radius 2 is 1.67 bits per heavy atom. The molecule has 0 N–H and O–H groups in total. The van der Waals surface area contributed by atoms with Crippen LogP contribution in [0.3, 0.4) is 0 Å². The van der Waals surface area contributed by atoms with Crippen LogP contribution in [0.2, 0.25) is 0 Å². The zero-order valence-electron chi connectivity index (χ0n) is 10.3. The molecule has 100 valence electrons. The fourth-order valence-corrected chi connectivity index (χ4v) is 3.67. The van der Waals surface area contributed by atoms with Crippen LogP contribution in [-0.2, 0) is 14.8 Å². The molecule has 18 heavy (non-hydrogen) atoms. The van der Waals surface area contributed by atoms with Crippen LogP contribution in [0.5, 0.6) is 0 Å². The molecule has 1 fully saturated rings. The summed E-state index contributed by atoms with van der Waals surface area (Å²) < 4.78 is 44.4. The molecule has 0 saturated carbocycles. The first-order chi connectivity index (χ1) is 8.39. The van der Waals surface area contributed by atoms with E-state index < -0.39 is 15.8 Å². The van der Waals surface area contributed by atoms with Gasteiger partial charge in [0.15, 0.2) is 0 Å². The molecule has 1 aliphatic rings. The quantitative estimate of drug-likeness (QED) is 0.822. The van der Waals surface area contributed by atoms with E-state index in [1.807, 2.05) is 13.8 Å². The molecule has 0 aromatic heterocycles. The molecule has 0 unspecified atom stereocenters. The smallest absolute Gasteiger partial charge is 0.243 e. The van der Waals surface area contributed by atoms with E-state index in [-0.39, 0.29) is 17.1 Å². The van der Waals surface area contributed by atoms with Gasteiger partial charge < -0.3 is 4.74 Å². The van der Waals surface area contributed by atoms with Crippen LogP contribution < -0.4 is 0 Å². The highest BCUT2D eigenvalue weighted by Crippen LogP contribution is 2.21. The van der Waals surface area contributed by atoms with Gasteiger partial charge in [-0.25, -0.2) is 12.8 Å². The fraction of sp³-hybridized carbons (Fsp3) is 0.500. The maximum absolute atomic E-state index is 12.8. The Labute approximate surface area is 106 Å². The zero-order valence-corrected chi connectivity index (χ0v) is 11.2. The zero-order chi connectivity index (χ0) is 13.3. The van der Waals surface area contributed by atoms with Gasteiger partial charge in [-0.05, 0) is 38.1 Å². The van der Waals surface area contributed by atoms with Crippen molar-refractivity contribution < 1.29 is 17.5 Å². The molecule has 0 amide bonds. The van der Waals surface area contributed by atoms with E-state index in [1.54, 1.807) is 0 Å². The van der Waals surface area contributed by atoms with E-state index in [0.717, 1.165) is 12.1 Å². The fourth-order valence-electron chi connectivity index (χ4n) is 2.08. The standard InChI is InChI=1S/C12H16FNO3S/c1-9-7-14(8-10(2)17-9)18(15,16)12-5-3-11(13)4-6-12/h3-6,9-10H,7-8H2,1-2H3/t9-,10-/m1/s1. The average molecular weight is 273 g/mol. The van der Waals surface area contributed by atoms with Crippen molar-refractivity contribution in [3.8, 4) is 0 Å². The van der Waals surface area contributed by atoms with Gasteiger partial charge in [-0.3, -0.25) is 0 Å². The SMILES string of the molecule is C[C@@H]1CN(S(=O)(=O)c2ccc(F)cc2)C[C@@H](C)O1. The Balaban J connectivity index is 2.28. The first kappa shape index (κ1) is 13.5. The van der Waals surface area contributed by atoms with Gasteiger partial charge in [0.1, 0.15) is 5.82 Å². The summed E-state index contributed by atoms with van der Waals surface area (Å²) in [5.41, 5.74) is 0. The Morgan fingerprint density at radius 1 is 1.17 bits per heavy atom. The number of rotatable bonds is 2. The van der Waals surface area contributed by atoms with Gasteiger partial charge in [-0.2, -0.15) is 4.31 Å². The van der Waals surface area contributed by atoms with Gasteiger partial charge in [0.25, 0.3) is 0 Å². The number of halogens is 1. The minimum Gasteiger partial charge on any atom is -0.373 e. The predicted octanol–water partition coefficient (Wildman–Crippen LogP) is 1.62. The van der Waals surface area contributed by atoms with E-state index in [0.29, 0.717) is 13.1 Å². The molecule has 0 aliphatic carbocycles. The van der Waals surface area contributed by atoms with Crippen molar-refractivity contribution in [2.24, 2.45) is 0 Å². The topological polar surface area (TPSA) is 46.6 Å². The van der Waals surface area contributed by atoms with Gasteiger partial charge in [-0.15, -0.1) is 0 Å². The van der Waals surface area contributed by atoms with Crippen LogP contribution in [0, 0.1) is 5.82 Å². The van der Waals surface area contributed by atoms with Gasteiger partial charge in [0.05, 0.1) is 17.1 Å². The second-order valence-corrected chi connectivity index (χ2v) is 6.47. The molecule has 0 spiro atoms. The van der Waals surface area contributed by atoms with Gasteiger partial charge in [0, 0.05) is 13.1 Å². The van der Waals surface area contributed by atoms with Gasteiger partial charge >= 0.3 is 0 Å². The lowest BCUT2D eigenvalue weighted by molar-refractivity contribution is -0.0440. The molecular weight excluding hydrogens is 257 g/mol. The number of ether oxygens (including phenoxy) is 1. The molecular formula is C12H16FNO3S. The summed E-state index contributed by atoms with van der Waals surface area (Å²) in [6.07, 6.45) is -0.270. The highest BCUT2D eigenvalue weighted by atomic mass is 32.2. The van der Waals surface area contributed by atoms with E-state index in [4.69, 9.17) is 4.74 Å². The molecule has 1 heterocycles. The summed E-state index contributed by atoms with van der Waals surface area (Å²) in [5, 5.41) is 0. The summed E-state index contributed by atoms with van der Waals surface area (Å²) in [6, 6.07) is 4.88. The van der Waals surface area contributed by atoms with Gasteiger partial charge in [-0.1, -0.05) is 0 Å². The summed E-state index contributed by atoms with van der Waals surface area (Å²) in [5.74, 6) is -0.447. The molecule has 0 radical (unpaired) electrons. The van der Waals surface area contributed by atoms with Crippen molar-refractivity contribution in [1.82, 2.24) is 4.31 Å². The maximum atomic E-state index is 12.8. The molecule has 6 heteroatoms. The van der Waals surface area contributed by atoms with E-state index in [2.05, 4.69) is 0 Å². The van der Waals surface area contributed by atoms with Crippen LogP contribution in [0.25, 0.3) is 0 Å². The van der Waals surface area contributed by atoms with E-state index >= 15 is 0 Å². The Morgan fingerprint density at radius 3 is 2.17 bits per heavy atom. The minimum atomic E-state index is -3.56. The molecule has 4 nitrogen and oxygen atoms in total. The lowest BCUT2D eigenvalue weighted by atomic mass is 10.3. The number of morpholine rings is 1. The number of nitrogens with zero attached hydrogens (tertiary/aromatic N) is 1. The highest BCUT2D eigenvalue weighted by molar-refractivity contribution is 7.89. The summed E-state index contributed by atoms with van der Waals surface area (Å²) >= 11 is 0. The highest BCUT2D eigenvalue weighted by Gasteiger charge is 2.32. The Kier molecular flexibility index (Phi) is 3.70. The Bertz CT molecular complexity index is 505. The first-order valence-corrected chi connectivity index (χ1v) is 7.25. The van der Waals surface area contributed by atoms with Crippen molar-refractivity contribution >= 4 is 10.0 Å². The molecule has 1 aliphatic heterocycles. The number of benzene rings is 1. The lowest BCUT2D eigenvalue weighted by Crippen LogP contribution is -2.48. The van der Waals surface area contributed by atoms with Gasteiger partial charge in [0.2, 0.25) is 10.0 Å². The molecule has 1 aromatic carbocycles. The van der Waals surface area contributed by atoms with E-state index in [9.17, 15) is 12.8 Å². The third-order valence-corrected chi connectivity index (χ3v) is 4.68. The molecule has 0 bridgehead atoms. The predicted molar refractivity (Wildman–Crippen MR) is 65.2 cm³/mol. The molecule has 1 saturated heterocycles.